The molecule has 116 valence electrons. The summed E-state index contributed by atoms with van der Waals surface area (Å²) < 4.78 is 0. The highest BCUT2D eigenvalue weighted by atomic mass is 16.2. The van der Waals surface area contributed by atoms with E-state index in [2.05, 4.69) is 37.9 Å². The molecule has 2 fully saturated rings. The van der Waals surface area contributed by atoms with Gasteiger partial charge in [-0.25, -0.2) is 0 Å². The van der Waals surface area contributed by atoms with Crippen LogP contribution in [0.1, 0.15) is 72.6 Å². The third-order valence-electron chi connectivity index (χ3n) is 5.08. The van der Waals surface area contributed by atoms with E-state index in [0.717, 1.165) is 31.8 Å². The predicted octanol–water partition coefficient (Wildman–Crippen LogP) is 3.34. The molecular weight excluding hydrogens is 248 g/mol. The van der Waals surface area contributed by atoms with Gasteiger partial charge in [0.05, 0.1) is 0 Å². The first kappa shape index (κ1) is 15.8. The first-order chi connectivity index (χ1) is 9.30. The van der Waals surface area contributed by atoms with Gasteiger partial charge < -0.3 is 10.2 Å². The number of carbonyl (C=O) groups is 1. The van der Waals surface area contributed by atoms with Crippen LogP contribution in [0.4, 0.5) is 0 Å². The van der Waals surface area contributed by atoms with Crippen LogP contribution in [0.3, 0.4) is 0 Å². The van der Waals surface area contributed by atoms with Crippen LogP contribution in [0.5, 0.6) is 0 Å². The first-order valence-electron chi connectivity index (χ1n) is 8.36. The second-order valence-electron chi connectivity index (χ2n) is 8.07. The third kappa shape index (κ3) is 3.97. The van der Waals surface area contributed by atoms with Crippen molar-refractivity contribution in [3.63, 3.8) is 0 Å². The second kappa shape index (κ2) is 6.05. The molecular formula is C17H32N2O. The molecule has 1 saturated heterocycles. The predicted molar refractivity (Wildman–Crippen MR) is 83.7 cm³/mol. The van der Waals surface area contributed by atoms with Gasteiger partial charge in [0.25, 0.3) is 0 Å². The summed E-state index contributed by atoms with van der Waals surface area (Å²) in [5.41, 5.74) is -0.0187. The van der Waals surface area contributed by atoms with E-state index >= 15 is 0 Å². The van der Waals surface area contributed by atoms with E-state index in [1.165, 1.54) is 32.1 Å². The summed E-state index contributed by atoms with van der Waals surface area (Å²) in [4.78, 5) is 14.8. The summed E-state index contributed by atoms with van der Waals surface area (Å²) in [7, 11) is 0. The molecule has 1 aliphatic heterocycles. The van der Waals surface area contributed by atoms with Crippen molar-refractivity contribution in [2.45, 2.75) is 83.7 Å². The van der Waals surface area contributed by atoms with Gasteiger partial charge in [0.1, 0.15) is 0 Å². The Morgan fingerprint density at radius 1 is 1.15 bits per heavy atom. The molecule has 3 nitrogen and oxygen atoms in total. The Morgan fingerprint density at radius 2 is 1.80 bits per heavy atom. The maximum atomic E-state index is 12.6. The molecule has 1 amide bonds. The lowest BCUT2D eigenvalue weighted by molar-refractivity contribution is -0.140. The highest BCUT2D eigenvalue weighted by Crippen LogP contribution is 2.29. The van der Waals surface area contributed by atoms with Crippen LogP contribution >= 0.6 is 0 Å². The summed E-state index contributed by atoms with van der Waals surface area (Å²) in [6.45, 7) is 10.4. The summed E-state index contributed by atoms with van der Waals surface area (Å²) in [5.74, 6) is 1.15. The summed E-state index contributed by atoms with van der Waals surface area (Å²) in [6, 6.07) is 0. The van der Waals surface area contributed by atoms with Crippen LogP contribution in [0, 0.1) is 5.92 Å². The van der Waals surface area contributed by atoms with Gasteiger partial charge in [-0.2, -0.15) is 0 Å². The summed E-state index contributed by atoms with van der Waals surface area (Å²) in [6.07, 6.45) is 8.64. The summed E-state index contributed by atoms with van der Waals surface area (Å²) in [5, 5.41) is 3.55. The molecule has 0 bridgehead atoms. The van der Waals surface area contributed by atoms with Gasteiger partial charge in [0, 0.05) is 30.6 Å². The molecule has 0 aromatic carbocycles. The van der Waals surface area contributed by atoms with Crippen LogP contribution < -0.4 is 5.32 Å². The Bertz CT molecular complexity index is 343. The lowest BCUT2D eigenvalue weighted by Crippen LogP contribution is -2.67. The van der Waals surface area contributed by atoms with E-state index < -0.39 is 0 Å². The van der Waals surface area contributed by atoms with Crippen molar-refractivity contribution in [1.82, 2.24) is 10.2 Å². The highest BCUT2D eigenvalue weighted by Gasteiger charge is 2.39. The molecule has 1 saturated carbocycles. The fourth-order valence-corrected chi connectivity index (χ4v) is 3.58. The number of amides is 1. The Labute approximate surface area is 124 Å². The van der Waals surface area contributed by atoms with Gasteiger partial charge >= 0.3 is 0 Å². The van der Waals surface area contributed by atoms with E-state index in [1.54, 1.807) is 0 Å². The quantitative estimate of drug-likeness (QED) is 0.860. The van der Waals surface area contributed by atoms with E-state index in [0.29, 0.717) is 5.91 Å². The number of carbonyl (C=O) groups excluding carboxylic acids is 1. The Hall–Kier alpha value is -0.570. The molecule has 20 heavy (non-hydrogen) atoms. The highest BCUT2D eigenvalue weighted by molar-refractivity contribution is 5.77. The topological polar surface area (TPSA) is 32.3 Å². The standard InChI is InChI=1S/C17H32N2O/c1-16(2)13-19(17(3,4)12-18-16)15(20)11-10-14-8-6-5-7-9-14/h14,18H,5-13H2,1-4H3. The number of rotatable bonds is 3. The van der Waals surface area contributed by atoms with Crippen molar-refractivity contribution in [1.29, 1.82) is 0 Å². The Kier molecular flexibility index (Phi) is 4.78. The van der Waals surface area contributed by atoms with Crippen molar-refractivity contribution < 1.29 is 4.79 Å². The zero-order chi connectivity index (χ0) is 14.8. The van der Waals surface area contributed by atoms with E-state index in [1.807, 2.05) is 0 Å². The van der Waals surface area contributed by atoms with Crippen molar-refractivity contribution in [2.24, 2.45) is 5.92 Å². The fraction of sp³-hybridized carbons (Fsp3) is 0.941. The number of nitrogens with zero attached hydrogens (tertiary/aromatic N) is 1. The zero-order valence-electron chi connectivity index (χ0n) is 13.8. The molecule has 0 unspecified atom stereocenters. The second-order valence-corrected chi connectivity index (χ2v) is 8.07. The zero-order valence-corrected chi connectivity index (χ0v) is 13.8. The Balaban J connectivity index is 1.89. The number of piperazine rings is 1. The molecule has 0 atom stereocenters. The summed E-state index contributed by atoms with van der Waals surface area (Å²) >= 11 is 0. The minimum absolute atomic E-state index is 0.0377. The average molecular weight is 280 g/mol. The fourth-order valence-electron chi connectivity index (χ4n) is 3.58. The maximum Gasteiger partial charge on any atom is 0.223 e. The van der Waals surface area contributed by atoms with Gasteiger partial charge in [0.2, 0.25) is 5.91 Å². The van der Waals surface area contributed by atoms with Gasteiger partial charge in [-0.15, -0.1) is 0 Å². The molecule has 2 rings (SSSR count). The molecule has 1 N–H and O–H groups in total. The number of nitrogens with one attached hydrogen (secondary N) is 1. The molecule has 3 heteroatoms. The van der Waals surface area contributed by atoms with Crippen molar-refractivity contribution in [3.8, 4) is 0 Å². The van der Waals surface area contributed by atoms with Crippen LogP contribution in [0.15, 0.2) is 0 Å². The van der Waals surface area contributed by atoms with Crippen LogP contribution in [-0.2, 0) is 4.79 Å². The molecule has 1 heterocycles. The molecule has 0 aromatic heterocycles. The molecule has 0 aromatic rings. The lowest BCUT2D eigenvalue weighted by atomic mass is 9.85. The average Bonchev–Trinajstić information content (AvgIpc) is 2.40. The SMILES string of the molecule is CC1(C)CN(C(=O)CCC2CCCCC2)C(C)(C)CN1. The van der Waals surface area contributed by atoms with Gasteiger partial charge in [-0.05, 0) is 40.0 Å². The van der Waals surface area contributed by atoms with Crippen LogP contribution in [0.25, 0.3) is 0 Å². The smallest absolute Gasteiger partial charge is 0.223 e. The van der Waals surface area contributed by atoms with Gasteiger partial charge in [-0.1, -0.05) is 32.1 Å². The van der Waals surface area contributed by atoms with E-state index in [9.17, 15) is 4.79 Å². The van der Waals surface area contributed by atoms with E-state index in [-0.39, 0.29) is 11.1 Å². The van der Waals surface area contributed by atoms with Gasteiger partial charge in [-0.3, -0.25) is 4.79 Å². The minimum Gasteiger partial charge on any atom is -0.334 e. The monoisotopic (exact) mass is 280 g/mol. The van der Waals surface area contributed by atoms with Crippen LogP contribution in [0.2, 0.25) is 0 Å². The van der Waals surface area contributed by atoms with Crippen molar-refractivity contribution in [2.75, 3.05) is 13.1 Å². The molecule has 1 aliphatic carbocycles. The van der Waals surface area contributed by atoms with Gasteiger partial charge in [0.15, 0.2) is 0 Å². The first-order valence-corrected chi connectivity index (χ1v) is 8.36. The molecule has 0 spiro atoms. The third-order valence-corrected chi connectivity index (χ3v) is 5.08. The molecule has 2 aliphatic rings. The maximum absolute atomic E-state index is 12.6. The van der Waals surface area contributed by atoms with E-state index in [4.69, 9.17) is 0 Å². The van der Waals surface area contributed by atoms with Crippen molar-refractivity contribution >= 4 is 5.91 Å². The Morgan fingerprint density at radius 3 is 2.45 bits per heavy atom. The number of hydrogen-bond acceptors (Lipinski definition) is 2. The normalized spacial score (nSPS) is 26.5. The number of hydrogen-bond donors (Lipinski definition) is 1. The van der Waals surface area contributed by atoms with Crippen molar-refractivity contribution in [3.05, 3.63) is 0 Å². The largest absolute Gasteiger partial charge is 0.334 e. The lowest BCUT2D eigenvalue weighted by Gasteiger charge is -2.49. The minimum atomic E-state index is -0.0564. The molecule has 0 radical (unpaired) electrons. The van der Waals surface area contributed by atoms with Crippen LogP contribution in [-0.4, -0.2) is 35.0 Å².